The van der Waals surface area contributed by atoms with Crippen LogP contribution in [0.1, 0.15) is 12.8 Å². The molecule has 13 heavy (non-hydrogen) atoms. The summed E-state index contributed by atoms with van der Waals surface area (Å²) < 4.78 is 0. The number of rotatable bonds is 3. The van der Waals surface area contributed by atoms with Crippen molar-refractivity contribution in [2.45, 2.75) is 12.8 Å². The molecule has 0 aliphatic carbocycles. The molecule has 0 aromatic rings. The largest absolute Gasteiger partial charge is 0.481 e. The molecule has 1 saturated heterocycles. The molecule has 1 amide bonds. The molecule has 0 aromatic heterocycles. The number of aliphatic carboxylic acids is 1. The maximum Gasteiger partial charge on any atom is 0.303 e. The topological polar surface area (TPSA) is 57.6 Å². The summed E-state index contributed by atoms with van der Waals surface area (Å²) in [5.41, 5.74) is 0. The first-order valence-corrected chi connectivity index (χ1v) is 4.26. The van der Waals surface area contributed by atoms with E-state index in [-0.39, 0.29) is 18.2 Å². The van der Waals surface area contributed by atoms with Gasteiger partial charge in [0.15, 0.2) is 0 Å². The van der Waals surface area contributed by atoms with E-state index in [1.54, 1.807) is 4.90 Å². The molecule has 0 bridgehead atoms. The summed E-state index contributed by atoms with van der Waals surface area (Å²) in [6, 6.07) is 0. The monoisotopic (exact) mass is 183 g/mol. The summed E-state index contributed by atoms with van der Waals surface area (Å²) >= 11 is 0. The van der Waals surface area contributed by atoms with E-state index in [4.69, 9.17) is 5.11 Å². The van der Waals surface area contributed by atoms with E-state index in [2.05, 4.69) is 6.58 Å². The summed E-state index contributed by atoms with van der Waals surface area (Å²) in [6.45, 7) is 4.59. The maximum atomic E-state index is 11.1. The first-order valence-electron chi connectivity index (χ1n) is 4.26. The zero-order valence-electron chi connectivity index (χ0n) is 7.40. The van der Waals surface area contributed by atoms with Crippen molar-refractivity contribution in [1.82, 2.24) is 4.90 Å². The average molecular weight is 183 g/mol. The fourth-order valence-electron chi connectivity index (χ4n) is 1.58. The van der Waals surface area contributed by atoms with E-state index in [1.165, 1.54) is 6.08 Å². The molecule has 0 radical (unpaired) electrons. The van der Waals surface area contributed by atoms with Crippen molar-refractivity contribution in [3.8, 4) is 0 Å². The zero-order valence-corrected chi connectivity index (χ0v) is 7.40. The number of hydrogen-bond acceptors (Lipinski definition) is 2. The highest BCUT2D eigenvalue weighted by Gasteiger charge is 2.26. The molecule has 72 valence electrons. The highest BCUT2D eigenvalue weighted by Crippen LogP contribution is 2.19. The lowest BCUT2D eigenvalue weighted by Crippen LogP contribution is -2.26. The number of hydrogen-bond donors (Lipinski definition) is 1. The van der Waals surface area contributed by atoms with Crippen molar-refractivity contribution in [3.05, 3.63) is 12.7 Å². The van der Waals surface area contributed by atoms with E-state index in [0.29, 0.717) is 13.1 Å². The van der Waals surface area contributed by atoms with Crippen LogP contribution in [0, 0.1) is 5.92 Å². The number of nitrogens with zero attached hydrogens (tertiary/aromatic N) is 1. The summed E-state index contributed by atoms with van der Waals surface area (Å²) in [5, 5.41) is 8.53. The van der Waals surface area contributed by atoms with Gasteiger partial charge in [0.2, 0.25) is 5.91 Å². The van der Waals surface area contributed by atoms with Crippen LogP contribution in [0.3, 0.4) is 0 Å². The number of carboxylic acid groups (broad SMARTS) is 1. The van der Waals surface area contributed by atoms with Crippen LogP contribution >= 0.6 is 0 Å². The SMILES string of the molecule is C=CC(=O)N1CCC(CC(=O)O)C1. The molecule has 1 heterocycles. The van der Waals surface area contributed by atoms with E-state index in [1.807, 2.05) is 0 Å². The Hall–Kier alpha value is -1.32. The van der Waals surface area contributed by atoms with E-state index in [9.17, 15) is 9.59 Å². The predicted octanol–water partition coefficient (Wildman–Crippen LogP) is 0.496. The summed E-state index contributed by atoms with van der Waals surface area (Å²) in [7, 11) is 0. The minimum Gasteiger partial charge on any atom is -0.481 e. The molecule has 1 unspecified atom stereocenters. The van der Waals surface area contributed by atoms with Crippen LogP contribution in [0.2, 0.25) is 0 Å². The normalized spacial score (nSPS) is 21.5. The fraction of sp³-hybridized carbons (Fsp3) is 0.556. The third kappa shape index (κ3) is 2.57. The van der Waals surface area contributed by atoms with Crippen LogP contribution < -0.4 is 0 Å². The maximum absolute atomic E-state index is 11.1. The second-order valence-electron chi connectivity index (χ2n) is 3.24. The molecule has 1 N–H and O–H groups in total. The van der Waals surface area contributed by atoms with Gasteiger partial charge in [-0.25, -0.2) is 0 Å². The number of carbonyl (C=O) groups excluding carboxylic acids is 1. The van der Waals surface area contributed by atoms with Crippen molar-refractivity contribution in [2.24, 2.45) is 5.92 Å². The highest BCUT2D eigenvalue weighted by atomic mass is 16.4. The van der Waals surface area contributed by atoms with Crippen molar-refractivity contribution in [1.29, 1.82) is 0 Å². The smallest absolute Gasteiger partial charge is 0.303 e. The lowest BCUT2D eigenvalue weighted by molar-refractivity contribution is -0.138. The summed E-state index contributed by atoms with van der Waals surface area (Å²) in [4.78, 5) is 23.1. The molecule has 4 heteroatoms. The quantitative estimate of drug-likeness (QED) is 0.648. The molecule has 1 rings (SSSR count). The van der Waals surface area contributed by atoms with Gasteiger partial charge in [0, 0.05) is 19.5 Å². The van der Waals surface area contributed by atoms with Crippen molar-refractivity contribution >= 4 is 11.9 Å². The van der Waals surface area contributed by atoms with Gasteiger partial charge in [0.25, 0.3) is 0 Å². The molecular formula is C9H13NO3. The van der Waals surface area contributed by atoms with E-state index in [0.717, 1.165) is 6.42 Å². The van der Waals surface area contributed by atoms with E-state index < -0.39 is 5.97 Å². The number of carboxylic acids is 1. The molecule has 0 spiro atoms. The first-order chi connectivity index (χ1) is 6.13. The van der Waals surface area contributed by atoms with Crippen LogP contribution in [-0.4, -0.2) is 35.0 Å². The van der Waals surface area contributed by atoms with Crippen molar-refractivity contribution < 1.29 is 14.7 Å². The Morgan fingerprint density at radius 2 is 2.31 bits per heavy atom. The lowest BCUT2D eigenvalue weighted by atomic mass is 10.1. The van der Waals surface area contributed by atoms with Gasteiger partial charge in [-0.1, -0.05) is 6.58 Å². The minimum absolute atomic E-state index is 0.104. The zero-order chi connectivity index (χ0) is 9.84. The second kappa shape index (κ2) is 4.07. The third-order valence-electron chi connectivity index (χ3n) is 2.24. The molecule has 4 nitrogen and oxygen atoms in total. The van der Waals surface area contributed by atoms with Gasteiger partial charge in [-0.15, -0.1) is 0 Å². The Labute approximate surface area is 76.8 Å². The summed E-state index contributed by atoms with van der Waals surface area (Å²) in [5.74, 6) is -0.785. The molecule has 1 aliphatic heterocycles. The molecule has 0 saturated carbocycles. The van der Waals surface area contributed by atoms with Crippen LogP contribution in [-0.2, 0) is 9.59 Å². The second-order valence-corrected chi connectivity index (χ2v) is 3.24. The Kier molecular flexibility index (Phi) is 3.06. The van der Waals surface area contributed by atoms with Gasteiger partial charge in [-0.3, -0.25) is 9.59 Å². The standard InChI is InChI=1S/C9H13NO3/c1-2-8(11)10-4-3-7(6-10)5-9(12)13/h2,7H,1,3-6H2,(H,12,13). The van der Waals surface area contributed by atoms with Gasteiger partial charge in [0.1, 0.15) is 0 Å². The van der Waals surface area contributed by atoms with Gasteiger partial charge in [0.05, 0.1) is 0 Å². The van der Waals surface area contributed by atoms with Crippen LogP contribution in [0.4, 0.5) is 0 Å². The number of carbonyl (C=O) groups is 2. The first kappa shape index (κ1) is 9.77. The average Bonchev–Trinajstić information content (AvgIpc) is 2.50. The Balaban J connectivity index is 2.40. The van der Waals surface area contributed by atoms with Gasteiger partial charge in [-0.05, 0) is 18.4 Å². The van der Waals surface area contributed by atoms with Crippen LogP contribution in [0.25, 0.3) is 0 Å². The molecule has 1 atom stereocenters. The van der Waals surface area contributed by atoms with Crippen LogP contribution in [0.15, 0.2) is 12.7 Å². The number of amides is 1. The van der Waals surface area contributed by atoms with Gasteiger partial charge >= 0.3 is 5.97 Å². The van der Waals surface area contributed by atoms with Crippen LogP contribution in [0.5, 0.6) is 0 Å². The molecule has 1 fully saturated rings. The van der Waals surface area contributed by atoms with Crippen molar-refractivity contribution in [3.63, 3.8) is 0 Å². The third-order valence-corrected chi connectivity index (χ3v) is 2.24. The Bertz CT molecular complexity index is 237. The van der Waals surface area contributed by atoms with E-state index >= 15 is 0 Å². The fourth-order valence-corrected chi connectivity index (χ4v) is 1.58. The predicted molar refractivity (Wildman–Crippen MR) is 47.1 cm³/mol. The van der Waals surface area contributed by atoms with Gasteiger partial charge in [-0.2, -0.15) is 0 Å². The molecule has 0 aromatic carbocycles. The Morgan fingerprint density at radius 1 is 1.62 bits per heavy atom. The lowest BCUT2D eigenvalue weighted by Gasteiger charge is -2.12. The van der Waals surface area contributed by atoms with Crippen molar-refractivity contribution in [2.75, 3.05) is 13.1 Å². The van der Waals surface area contributed by atoms with Gasteiger partial charge < -0.3 is 10.0 Å². The highest BCUT2D eigenvalue weighted by molar-refractivity contribution is 5.87. The number of likely N-dealkylation sites (tertiary alicyclic amines) is 1. The molecular weight excluding hydrogens is 170 g/mol. The Morgan fingerprint density at radius 3 is 2.85 bits per heavy atom. The minimum atomic E-state index is -0.794. The molecule has 1 aliphatic rings. The summed E-state index contributed by atoms with van der Waals surface area (Å²) in [6.07, 6.45) is 2.20.